The molecule has 2 aliphatic rings. The molecule has 1 aromatic rings. The predicted molar refractivity (Wildman–Crippen MR) is 82.1 cm³/mol. The molecule has 5 nitrogen and oxygen atoms in total. The third-order valence-corrected chi connectivity index (χ3v) is 4.92. The fourth-order valence-electron chi connectivity index (χ4n) is 2.68. The average molecular weight is 307 g/mol. The molecule has 2 fully saturated rings. The molecule has 0 aromatic carbocycles. The van der Waals surface area contributed by atoms with E-state index in [9.17, 15) is 9.59 Å². The molecule has 21 heavy (non-hydrogen) atoms. The van der Waals surface area contributed by atoms with Crippen LogP contribution in [-0.4, -0.2) is 46.4 Å². The number of amides is 3. The summed E-state index contributed by atoms with van der Waals surface area (Å²) in [5.41, 5.74) is -0.769. The highest BCUT2D eigenvalue weighted by Crippen LogP contribution is 2.29. The zero-order valence-corrected chi connectivity index (χ0v) is 13.3. The van der Waals surface area contributed by atoms with Gasteiger partial charge in [0.05, 0.1) is 0 Å². The van der Waals surface area contributed by atoms with Gasteiger partial charge in [-0.25, -0.2) is 4.79 Å². The van der Waals surface area contributed by atoms with Gasteiger partial charge >= 0.3 is 6.03 Å². The molecule has 1 aliphatic heterocycles. The Morgan fingerprint density at radius 1 is 1.43 bits per heavy atom. The van der Waals surface area contributed by atoms with E-state index in [1.165, 1.54) is 22.6 Å². The minimum Gasteiger partial charge on any atom is -0.324 e. The molecule has 0 atom stereocenters. The number of carbonyl (C=O) groups excluding carboxylic acids is 2. The lowest BCUT2D eigenvalue weighted by molar-refractivity contribution is -0.130. The van der Waals surface area contributed by atoms with Crippen molar-refractivity contribution < 1.29 is 9.59 Å². The smallest absolute Gasteiger partial charge is 0.324 e. The number of hydrogen-bond acceptors (Lipinski definition) is 4. The van der Waals surface area contributed by atoms with Crippen molar-refractivity contribution in [3.05, 3.63) is 22.4 Å². The van der Waals surface area contributed by atoms with Crippen molar-refractivity contribution in [2.24, 2.45) is 0 Å². The lowest BCUT2D eigenvalue weighted by Gasteiger charge is -2.24. The maximum atomic E-state index is 12.2. The lowest BCUT2D eigenvalue weighted by atomic mass is 10.1. The van der Waals surface area contributed by atoms with Crippen LogP contribution < -0.4 is 5.32 Å². The van der Waals surface area contributed by atoms with E-state index in [1.54, 1.807) is 25.2 Å². The Morgan fingerprint density at radius 2 is 2.19 bits per heavy atom. The summed E-state index contributed by atoms with van der Waals surface area (Å²) in [5.74, 6) is -0.126. The van der Waals surface area contributed by atoms with Crippen molar-refractivity contribution in [1.29, 1.82) is 0 Å². The molecule has 1 saturated heterocycles. The van der Waals surface area contributed by atoms with E-state index >= 15 is 0 Å². The molecule has 3 amide bonds. The summed E-state index contributed by atoms with van der Waals surface area (Å²) < 4.78 is 0. The molecule has 0 spiro atoms. The van der Waals surface area contributed by atoms with Gasteiger partial charge in [0.25, 0.3) is 5.91 Å². The van der Waals surface area contributed by atoms with Crippen LogP contribution in [0.5, 0.6) is 0 Å². The summed E-state index contributed by atoms with van der Waals surface area (Å²) in [6.45, 7) is 5.62. The normalized spacial score (nSPS) is 21.2. The van der Waals surface area contributed by atoms with Crippen molar-refractivity contribution in [2.45, 2.75) is 44.8 Å². The van der Waals surface area contributed by atoms with Gasteiger partial charge in [0.1, 0.15) is 5.54 Å². The van der Waals surface area contributed by atoms with Crippen molar-refractivity contribution >= 4 is 23.3 Å². The second-order valence-corrected chi connectivity index (χ2v) is 7.33. The number of urea groups is 1. The third-order valence-electron chi connectivity index (χ3n) is 4.06. The number of hydrogen-bond donors (Lipinski definition) is 1. The average Bonchev–Trinajstić information content (AvgIpc) is 3.09. The van der Waals surface area contributed by atoms with Gasteiger partial charge < -0.3 is 5.32 Å². The fraction of sp³-hybridized carbons (Fsp3) is 0.600. The van der Waals surface area contributed by atoms with E-state index in [0.717, 1.165) is 13.1 Å². The summed E-state index contributed by atoms with van der Waals surface area (Å²) in [6.07, 6.45) is 2.44. The van der Waals surface area contributed by atoms with Crippen LogP contribution in [-0.2, 0) is 11.3 Å². The number of carbonyl (C=O) groups is 2. The Kier molecular flexibility index (Phi) is 3.75. The lowest BCUT2D eigenvalue weighted by Crippen LogP contribution is -2.42. The third kappa shape index (κ3) is 3.11. The van der Waals surface area contributed by atoms with Crippen LogP contribution in [0.2, 0.25) is 0 Å². The summed E-state index contributed by atoms with van der Waals surface area (Å²) in [6, 6.07) is 4.54. The molecule has 1 aromatic heterocycles. The number of rotatable bonds is 6. The number of nitrogens with zero attached hydrogens (tertiary/aromatic N) is 2. The van der Waals surface area contributed by atoms with Crippen LogP contribution in [0.1, 0.15) is 31.6 Å². The Labute approximate surface area is 128 Å². The second-order valence-electron chi connectivity index (χ2n) is 6.29. The van der Waals surface area contributed by atoms with E-state index < -0.39 is 5.54 Å². The number of imide groups is 1. The Hall–Kier alpha value is -1.40. The molecular formula is C15H21N3O2S. The molecule has 3 rings (SSSR count). The first-order valence-electron chi connectivity index (χ1n) is 7.38. The van der Waals surface area contributed by atoms with E-state index in [-0.39, 0.29) is 11.9 Å². The van der Waals surface area contributed by atoms with E-state index in [1.807, 2.05) is 0 Å². The maximum absolute atomic E-state index is 12.2. The van der Waals surface area contributed by atoms with E-state index in [2.05, 4.69) is 27.7 Å². The first-order valence-corrected chi connectivity index (χ1v) is 8.26. The van der Waals surface area contributed by atoms with Gasteiger partial charge in [-0.2, -0.15) is 0 Å². The minimum atomic E-state index is -0.769. The highest BCUT2D eigenvalue weighted by atomic mass is 32.1. The van der Waals surface area contributed by atoms with Crippen LogP contribution >= 0.6 is 11.3 Å². The molecule has 1 aliphatic carbocycles. The molecular weight excluding hydrogens is 286 g/mol. The van der Waals surface area contributed by atoms with Gasteiger partial charge in [-0.1, -0.05) is 6.07 Å². The zero-order chi connectivity index (χ0) is 15.0. The first kappa shape index (κ1) is 14.5. The highest BCUT2D eigenvalue weighted by Gasteiger charge is 2.44. The molecule has 1 N–H and O–H groups in total. The standard InChI is InChI=1S/C15H21N3O2S/c1-15(2)13(19)18(14(20)16-15)8-7-17(11-5-6-11)10-12-4-3-9-21-12/h3-4,9,11H,5-8,10H2,1-2H3,(H,16,20). The SMILES string of the molecule is CC1(C)NC(=O)N(CCN(Cc2cccs2)C2CC2)C1=O. The first-order chi connectivity index (χ1) is 9.97. The van der Waals surface area contributed by atoms with E-state index in [0.29, 0.717) is 12.6 Å². The van der Waals surface area contributed by atoms with Gasteiger partial charge in [0.2, 0.25) is 0 Å². The zero-order valence-electron chi connectivity index (χ0n) is 12.5. The molecule has 114 valence electrons. The van der Waals surface area contributed by atoms with Gasteiger partial charge in [0.15, 0.2) is 0 Å². The van der Waals surface area contributed by atoms with Gasteiger partial charge in [-0.3, -0.25) is 14.6 Å². The van der Waals surface area contributed by atoms with Crippen molar-refractivity contribution in [2.75, 3.05) is 13.1 Å². The number of nitrogens with one attached hydrogen (secondary N) is 1. The van der Waals surface area contributed by atoms with Crippen LogP contribution in [0.15, 0.2) is 17.5 Å². The quantitative estimate of drug-likeness (QED) is 0.818. The summed E-state index contributed by atoms with van der Waals surface area (Å²) >= 11 is 1.75. The summed E-state index contributed by atoms with van der Waals surface area (Å²) in [4.78, 5) is 29.1. The molecule has 0 unspecified atom stereocenters. The number of thiophene rings is 1. The minimum absolute atomic E-state index is 0.126. The summed E-state index contributed by atoms with van der Waals surface area (Å²) in [5, 5.41) is 4.81. The molecule has 0 radical (unpaired) electrons. The van der Waals surface area contributed by atoms with Gasteiger partial charge in [-0.15, -0.1) is 11.3 Å². The maximum Gasteiger partial charge on any atom is 0.325 e. The van der Waals surface area contributed by atoms with Gasteiger partial charge in [0, 0.05) is 30.6 Å². The molecule has 1 saturated carbocycles. The molecule has 2 heterocycles. The van der Waals surface area contributed by atoms with Crippen LogP contribution in [0.25, 0.3) is 0 Å². The van der Waals surface area contributed by atoms with Crippen molar-refractivity contribution in [3.8, 4) is 0 Å². The largest absolute Gasteiger partial charge is 0.325 e. The Balaban J connectivity index is 1.60. The highest BCUT2D eigenvalue weighted by molar-refractivity contribution is 7.09. The molecule has 0 bridgehead atoms. The van der Waals surface area contributed by atoms with Crippen LogP contribution in [0.4, 0.5) is 4.79 Å². The second kappa shape index (κ2) is 5.42. The van der Waals surface area contributed by atoms with Crippen molar-refractivity contribution in [3.63, 3.8) is 0 Å². The summed E-state index contributed by atoms with van der Waals surface area (Å²) in [7, 11) is 0. The van der Waals surface area contributed by atoms with Gasteiger partial charge in [-0.05, 0) is 38.1 Å². The molecule has 6 heteroatoms. The van der Waals surface area contributed by atoms with Crippen LogP contribution in [0.3, 0.4) is 0 Å². The Bertz CT molecular complexity index is 537. The van der Waals surface area contributed by atoms with Crippen molar-refractivity contribution in [1.82, 2.24) is 15.1 Å². The Morgan fingerprint density at radius 3 is 2.71 bits per heavy atom. The van der Waals surface area contributed by atoms with E-state index in [4.69, 9.17) is 0 Å². The fourth-order valence-corrected chi connectivity index (χ4v) is 3.41. The van der Waals surface area contributed by atoms with Crippen LogP contribution in [0, 0.1) is 0 Å². The monoisotopic (exact) mass is 307 g/mol. The topological polar surface area (TPSA) is 52.7 Å². The predicted octanol–water partition coefficient (Wildman–Crippen LogP) is 2.04.